The lowest BCUT2D eigenvalue weighted by atomic mass is 10.1. The first-order chi connectivity index (χ1) is 8.84. The Kier molecular flexibility index (Phi) is 5.45. The summed E-state index contributed by atoms with van der Waals surface area (Å²) >= 11 is 0. The molecule has 18 heavy (non-hydrogen) atoms. The molecule has 0 aromatic heterocycles. The van der Waals surface area contributed by atoms with Crippen molar-refractivity contribution in [3.63, 3.8) is 0 Å². The molecule has 1 fully saturated rings. The zero-order chi connectivity index (χ0) is 12.6. The van der Waals surface area contributed by atoms with Gasteiger partial charge in [0.2, 0.25) is 0 Å². The number of nitrogens with one attached hydrogen (secondary N) is 1. The van der Waals surface area contributed by atoms with Crippen molar-refractivity contribution >= 4 is 0 Å². The van der Waals surface area contributed by atoms with Gasteiger partial charge in [0.05, 0.1) is 6.61 Å². The number of hydrogen-bond acceptors (Lipinski definition) is 4. The van der Waals surface area contributed by atoms with Crippen molar-refractivity contribution in [2.45, 2.75) is 25.0 Å². The first kappa shape index (κ1) is 13.3. The van der Waals surface area contributed by atoms with Gasteiger partial charge in [-0.15, -0.1) is 0 Å². The molecule has 4 nitrogen and oxygen atoms in total. The van der Waals surface area contributed by atoms with Crippen LogP contribution in [0.4, 0.5) is 0 Å². The Morgan fingerprint density at radius 3 is 2.94 bits per heavy atom. The van der Waals surface area contributed by atoms with Crippen molar-refractivity contribution in [1.29, 1.82) is 0 Å². The minimum Gasteiger partial charge on any atom is -0.491 e. The summed E-state index contributed by atoms with van der Waals surface area (Å²) < 4.78 is 10.9. The van der Waals surface area contributed by atoms with E-state index in [1.165, 1.54) is 0 Å². The molecule has 0 bridgehead atoms. The molecule has 100 valence electrons. The van der Waals surface area contributed by atoms with Crippen LogP contribution in [-0.4, -0.2) is 43.6 Å². The first-order valence-corrected chi connectivity index (χ1v) is 6.51. The van der Waals surface area contributed by atoms with E-state index in [9.17, 15) is 5.11 Å². The van der Waals surface area contributed by atoms with E-state index in [2.05, 4.69) is 5.32 Å². The molecule has 2 N–H and O–H groups in total. The standard InChI is InChI=1S/C14H21NO3/c16-13(9-15-12-5-4-8-17-10-12)11-18-14-6-2-1-3-7-14/h1-3,6-7,12-13,15-16H,4-5,8-11H2. The molecule has 2 atom stereocenters. The molecule has 1 saturated heterocycles. The average molecular weight is 251 g/mol. The second kappa shape index (κ2) is 7.36. The number of rotatable bonds is 6. The van der Waals surface area contributed by atoms with Crippen LogP contribution in [0.5, 0.6) is 5.75 Å². The Balaban J connectivity index is 1.61. The van der Waals surface area contributed by atoms with E-state index in [1.54, 1.807) is 0 Å². The van der Waals surface area contributed by atoms with Crippen molar-refractivity contribution in [3.05, 3.63) is 30.3 Å². The molecule has 0 aliphatic carbocycles. The summed E-state index contributed by atoms with van der Waals surface area (Å²) in [7, 11) is 0. The second-order valence-electron chi connectivity index (χ2n) is 4.60. The normalized spacial score (nSPS) is 21.5. The number of aliphatic hydroxyl groups excluding tert-OH is 1. The van der Waals surface area contributed by atoms with Gasteiger partial charge in [-0.3, -0.25) is 0 Å². The Morgan fingerprint density at radius 2 is 2.22 bits per heavy atom. The molecular formula is C14H21NO3. The van der Waals surface area contributed by atoms with Gasteiger partial charge in [0, 0.05) is 19.2 Å². The molecule has 0 saturated carbocycles. The van der Waals surface area contributed by atoms with Gasteiger partial charge in [-0.05, 0) is 25.0 Å². The second-order valence-corrected chi connectivity index (χ2v) is 4.60. The molecule has 0 radical (unpaired) electrons. The predicted molar refractivity (Wildman–Crippen MR) is 69.8 cm³/mol. The van der Waals surface area contributed by atoms with Crippen LogP contribution in [0.3, 0.4) is 0 Å². The maximum Gasteiger partial charge on any atom is 0.119 e. The quantitative estimate of drug-likeness (QED) is 0.797. The third kappa shape index (κ3) is 4.64. The molecule has 0 spiro atoms. The molecule has 1 aliphatic rings. The SMILES string of the molecule is OC(CNC1CCCOC1)COc1ccccc1. The lowest BCUT2D eigenvalue weighted by molar-refractivity contribution is 0.0572. The minimum absolute atomic E-state index is 0.310. The topological polar surface area (TPSA) is 50.7 Å². The fraction of sp³-hybridized carbons (Fsp3) is 0.571. The van der Waals surface area contributed by atoms with Crippen LogP contribution < -0.4 is 10.1 Å². The molecule has 0 amide bonds. The molecule has 2 unspecified atom stereocenters. The van der Waals surface area contributed by atoms with Crippen molar-refractivity contribution < 1.29 is 14.6 Å². The number of hydrogen-bond donors (Lipinski definition) is 2. The zero-order valence-electron chi connectivity index (χ0n) is 10.5. The molecule has 1 aliphatic heterocycles. The van der Waals surface area contributed by atoms with Gasteiger partial charge in [-0.2, -0.15) is 0 Å². The maximum atomic E-state index is 9.81. The number of ether oxygens (including phenoxy) is 2. The van der Waals surface area contributed by atoms with E-state index in [4.69, 9.17) is 9.47 Å². The van der Waals surface area contributed by atoms with Crippen LogP contribution in [0.15, 0.2) is 30.3 Å². The smallest absolute Gasteiger partial charge is 0.119 e. The maximum absolute atomic E-state index is 9.81. The van der Waals surface area contributed by atoms with Crippen LogP contribution in [0, 0.1) is 0 Å². The third-order valence-electron chi connectivity index (χ3n) is 2.99. The van der Waals surface area contributed by atoms with Gasteiger partial charge in [-0.1, -0.05) is 18.2 Å². The van der Waals surface area contributed by atoms with Crippen LogP contribution in [0.25, 0.3) is 0 Å². The monoisotopic (exact) mass is 251 g/mol. The van der Waals surface area contributed by atoms with E-state index in [0.717, 1.165) is 31.8 Å². The van der Waals surface area contributed by atoms with E-state index >= 15 is 0 Å². The van der Waals surface area contributed by atoms with Gasteiger partial charge >= 0.3 is 0 Å². The lowest BCUT2D eigenvalue weighted by Crippen LogP contribution is -2.42. The Bertz CT molecular complexity index is 325. The summed E-state index contributed by atoms with van der Waals surface area (Å²) in [4.78, 5) is 0. The summed E-state index contributed by atoms with van der Waals surface area (Å²) in [5.74, 6) is 0.789. The van der Waals surface area contributed by atoms with E-state index in [1.807, 2.05) is 30.3 Å². The van der Waals surface area contributed by atoms with Crippen molar-refractivity contribution in [1.82, 2.24) is 5.32 Å². The van der Waals surface area contributed by atoms with E-state index in [-0.39, 0.29) is 0 Å². The molecule has 1 heterocycles. The summed E-state index contributed by atoms with van der Waals surface area (Å²) in [6.45, 7) is 2.45. The molecule has 1 aromatic rings. The number of benzene rings is 1. The van der Waals surface area contributed by atoms with Crippen LogP contribution >= 0.6 is 0 Å². The molecular weight excluding hydrogens is 230 g/mol. The first-order valence-electron chi connectivity index (χ1n) is 6.51. The van der Waals surface area contributed by atoms with Crippen molar-refractivity contribution in [2.75, 3.05) is 26.4 Å². The minimum atomic E-state index is -0.493. The number of para-hydroxylation sites is 1. The molecule has 4 heteroatoms. The van der Waals surface area contributed by atoms with Gasteiger partial charge in [-0.25, -0.2) is 0 Å². The zero-order valence-corrected chi connectivity index (χ0v) is 10.5. The van der Waals surface area contributed by atoms with Crippen molar-refractivity contribution in [2.24, 2.45) is 0 Å². The summed E-state index contributed by atoms with van der Waals surface area (Å²) in [5.41, 5.74) is 0. The summed E-state index contributed by atoms with van der Waals surface area (Å²) in [6.07, 6.45) is 1.72. The van der Waals surface area contributed by atoms with Crippen LogP contribution in [-0.2, 0) is 4.74 Å². The highest BCUT2D eigenvalue weighted by atomic mass is 16.5. The van der Waals surface area contributed by atoms with E-state index in [0.29, 0.717) is 19.2 Å². The average Bonchev–Trinajstić information content (AvgIpc) is 2.45. The third-order valence-corrected chi connectivity index (χ3v) is 2.99. The largest absolute Gasteiger partial charge is 0.491 e. The highest BCUT2D eigenvalue weighted by molar-refractivity contribution is 5.20. The number of aliphatic hydroxyl groups is 1. The van der Waals surface area contributed by atoms with Gasteiger partial charge in [0.25, 0.3) is 0 Å². The van der Waals surface area contributed by atoms with Gasteiger partial charge in [0.1, 0.15) is 18.5 Å². The van der Waals surface area contributed by atoms with Crippen molar-refractivity contribution in [3.8, 4) is 5.75 Å². The summed E-state index contributed by atoms with van der Waals surface area (Å²) in [5, 5.41) is 13.1. The highest BCUT2D eigenvalue weighted by Crippen LogP contribution is 2.09. The highest BCUT2D eigenvalue weighted by Gasteiger charge is 2.14. The molecule has 1 aromatic carbocycles. The Morgan fingerprint density at radius 1 is 1.39 bits per heavy atom. The predicted octanol–water partition coefficient (Wildman–Crippen LogP) is 1.19. The summed E-state index contributed by atoms with van der Waals surface area (Å²) in [6, 6.07) is 9.90. The fourth-order valence-electron chi connectivity index (χ4n) is 1.97. The van der Waals surface area contributed by atoms with Gasteiger partial charge in [0.15, 0.2) is 0 Å². The molecule has 2 rings (SSSR count). The fourth-order valence-corrected chi connectivity index (χ4v) is 1.97. The lowest BCUT2D eigenvalue weighted by Gasteiger charge is -2.24. The van der Waals surface area contributed by atoms with Gasteiger partial charge < -0.3 is 19.9 Å². The Labute approximate surface area is 108 Å². The van der Waals surface area contributed by atoms with Crippen LogP contribution in [0.2, 0.25) is 0 Å². The van der Waals surface area contributed by atoms with Crippen LogP contribution in [0.1, 0.15) is 12.8 Å². The Hall–Kier alpha value is -1.10. The van der Waals surface area contributed by atoms with E-state index < -0.39 is 6.10 Å².